The Morgan fingerprint density at radius 1 is 1.46 bits per heavy atom. The molecule has 9 heteroatoms. The van der Waals surface area contributed by atoms with Crippen LogP contribution in [0.15, 0.2) is 18.2 Å². The Bertz CT molecular complexity index is 733. The van der Waals surface area contributed by atoms with Crippen molar-refractivity contribution < 1.29 is 22.1 Å². The first kappa shape index (κ1) is 20.8. The highest BCUT2D eigenvalue weighted by molar-refractivity contribution is 7.86. The molecule has 0 unspecified atom stereocenters. The number of benzene rings is 1. The number of ether oxygens (including phenoxy) is 1. The summed E-state index contributed by atoms with van der Waals surface area (Å²) in [6.45, 7) is 5.00. The van der Waals surface area contributed by atoms with E-state index in [-0.39, 0.29) is 30.5 Å². The van der Waals surface area contributed by atoms with E-state index in [1.165, 1.54) is 6.07 Å². The lowest BCUT2D eigenvalue weighted by molar-refractivity contribution is 0.0790. The van der Waals surface area contributed by atoms with Crippen molar-refractivity contribution in [2.75, 3.05) is 19.4 Å². The second-order valence-corrected chi connectivity index (χ2v) is 8.67. The van der Waals surface area contributed by atoms with Crippen LogP contribution in [0.2, 0.25) is 5.02 Å². The van der Waals surface area contributed by atoms with Crippen LogP contribution in [0.1, 0.15) is 32.3 Å². The van der Waals surface area contributed by atoms with Crippen LogP contribution in [0.25, 0.3) is 0 Å². The Morgan fingerprint density at radius 2 is 2.19 bits per heavy atom. The number of hydrogen-bond donors (Lipinski definition) is 1. The first-order chi connectivity index (χ1) is 12.1. The molecule has 2 amide bonds. The van der Waals surface area contributed by atoms with E-state index in [1.54, 1.807) is 17.0 Å². The van der Waals surface area contributed by atoms with Gasteiger partial charge in [0.15, 0.2) is 0 Å². The minimum atomic E-state index is -3.70. The number of halogens is 1. The Kier molecular flexibility index (Phi) is 7.14. The molecule has 0 saturated carbocycles. The van der Waals surface area contributed by atoms with Gasteiger partial charge in [-0.15, -0.1) is 0 Å². The van der Waals surface area contributed by atoms with Crippen molar-refractivity contribution in [2.45, 2.75) is 45.4 Å². The third kappa shape index (κ3) is 6.66. The lowest BCUT2D eigenvalue weighted by atomic mass is 10.1. The smallest absolute Gasteiger partial charge is 0.317 e. The lowest BCUT2D eigenvalue weighted by Gasteiger charge is -2.27. The first-order valence-electron chi connectivity index (χ1n) is 8.49. The number of rotatable bonds is 7. The van der Waals surface area contributed by atoms with Gasteiger partial charge in [-0.2, -0.15) is 8.42 Å². The van der Waals surface area contributed by atoms with E-state index in [2.05, 4.69) is 5.32 Å². The maximum absolute atomic E-state index is 12.6. The molecular formula is C17H25ClN2O5S. The van der Waals surface area contributed by atoms with Gasteiger partial charge in [-0.3, -0.25) is 0 Å². The normalized spacial score (nSPS) is 17.3. The third-order valence-electron chi connectivity index (χ3n) is 3.77. The number of nitrogens with one attached hydrogen (secondary N) is 1. The fourth-order valence-electron chi connectivity index (χ4n) is 2.71. The van der Waals surface area contributed by atoms with E-state index >= 15 is 0 Å². The first-order valence-corrected chi connectivity index (χ1v) is 10.7. The van der Waals surface area contributed by atoms with Gasteiger partial charge >= 0.3 is 16.1 Å². The summed E-state index contributed by atoms with van der Waals surface area (Å²) in [4.78, 5) is 14.2. The summed E-state index contributed by atoms with van der Waals surface area (Å²) in [6.07, 6.45) is 2.78. The quantitative estimate of drug-likeness (QED) is 0.706. The van der Waals surface area contributed by atoms with Crippen molar-refractivity contribution in [1.29, 1.82) is 0 Å². The summed E-state index contributed by atoms with van der Waals surface area (Å²) in [5, 5.41) is 3.29. The van der Waals surface area contributed by atoms with E-state index < -0.39 is 10.1 Å². The second-order valence-electron chi connectivity index (χ2n) is 6.66. The molecular weight excluding hydrogens is 380 g/mol. The number of carbonyl (C=O) groups excluding carboxylic acids is 1. The minimum Gasteiger partial charge on any atom is -0.382 e. The number of urea groups is 1. The van der Waals surface area contributed by atoms with Crippen LogP contribution in [0.4, 0.5) is 4.79 Å². The molecule has 1 heterocycles. The van der Waals surface area contributed by atoms with E-state index in [0.717, 1.165) is 19.1 Å². The van der Waals surface area contributed by atoms with E-state index in [9.17, 15) is 13.2 Å². The molecule has 1 aromatic carbocycles. The van der Waals surface area contributed by atoms with Crippen LogP contribution < -0.4 is 9.50 Å². The topological polar surface area (TPSA) is 84.9 Å². The zero-order chi connectivity index (χ0) is 19.3. The average molecular weight is 405 g/mol. The summed E-state index contributed by atoms with van der Waals surface area (Å²) in [5.74, 6) is 0.159. The molecule has 0 bridgehead atoms. The molecule has 1 aromatic rings. The molecule has 1 saturated heterocycles. The lowest BCUT2D eigenvalue weighted by Crippen LogP contribution is -2.45. The Hall–Kier alpha value is -1.51. The van der Waals surface area contributed by atoms with Gasteiger partial charge in [-0.05, 0) is 44.9 Å². The largest absolute Gasteiger partial charge is 0.382 e. The molecule has 146 valence electrons. The van der Waals surface area contributed by atoms with Crippen LogP contribution in [0.3, 0.4) is 0 Å². The van der Waals surface area contributed by atoms with Crippen molar-refractivity contribution in [1.82, 2.24) is 10.2 Å². The molecule has 2 rings (SSSR count). The summed E-state index contributed by atoms with van der Waals surface area (Å²) in [5.41, 5.74) is 0.514. The molecule has 0 spiro atoms. The number of nitrogens with zero attached hydrogens (tertiary/aromatic N) is 1. The monoisotopic (exact) mass is 404 g/mol. The van der Waals surface area contributed by atoms with Gasteiger partial charge < -0.3 is 19.1 Å². The second kappa shape index (κ2) is 8.92. The van der Waals surface area contributed by atoms with Gasteiger partial charge in [0.05, 0.1) is 18.9 Å². The fraction of sp³-hybridized carbons (Fsp3) is 0.588. The molecule has 1 fully saturated rings. The molecule has 0 radical (unpaired) electrons. The van der Waals surface area contributed by atoms with Gasteiger partial charge in [0.1, 0.15) is 5.75 Å². The highest BCUT2D eigenvalue weighted by Gasteiger charge is 2.24. The summed E-state index contributed by atoms with van der Waals surface area (Å²) in [7, 11) is -3.70. The number of carbonyl (C=O) groups is 1. The SMILES string of the molecule is CC(C)NC(=O)N(Cc1cc(Cl)ccc1OS(C)(=O)=O)C[C@H]1CCCO1. The van der Waals surface area contributed by atoms with Crippen molar-refractivity contribution >= 4 is 27.8 Å². The van der Waals surface area contributed by atoms with Gasteiger partial charge in [-0.25, -0.2) is 4.79 Å². The summed E-state index contributed by atoms with van der Waals surface area (Å²) < 4.78 is 33.7. The van der Waals surface area contributed by atoms with Crippen LogP contribution in [0, 0.1) is 0 Å². The van der Waals surface area contributed by atoms with Gasteiger partial charge in [-0.1, -0.05) is 11.6 Å². The summed E-state index contributed by atoms with van der Waals surface area (Å²) >= 11 is 6.06. The zero-order valence-corrected chi connectivity index (χ0v) is 16.8. The highest BCUT2D eigenvalue weighted by Crippen LogP contribution is 2.26. The molecule has 26 heavy (non-hydrogen) atoms. The van der Waals surface area contributed by atoms with Crippen LogP contribution in [-0.2, 0) is 21.4 Å². The van der Waals surface area contributed by atoms with E-state index in [1.807, 2.05) is 13.8 Å². The molecule has 1 aliphatic heterocycles. The van der Waals surface area contributed by atoms with E-state index in [4.69, 9.17) is 20.5 Å². The molecule has 0 aliphatic carbocycles. The number of amides is 2. The molecule has 7 nitrogen and oxygen atoms in total. The maximum atomic E-state index is 12.6. The van der Waals surface area contributed by atoms with Gasteiger partial charge in [0.2, 0.25) is 0 Å². The van der Waals surface area contributed by atoms with Crippen LogP contribution in [-0.4, -0.2) is 50.9 Å². The predicted octanol–water partition coefficient (Wildman–Crippen LogP) is 2.78. The van der Waals surface area contributed by atoms with Crippen molar-refractivity contribution in [3.8, 4) is 5.75 Å². The zero-order valence-electron chi connectivity index (χ0n) is 15.2. The number of hydrogen-bond acceptors (Lipinski definition) is 5. The molecule has 1 atom stereocenters. The van der Waals surface area contributed by atoms with Crippen LogP contribution in [0.5, 0.6) is 5.75 Å². The van der Waals surface area contributed by atoms with E-state index in [0.29, 0.717) is 23.7 Å². The minimum absolute atomic E-state index is 0.0272. The van der Waals surface area contributed by atoms with Crippen molar-refractivity contribution in [3.05, 3.63) is 28.8 Å². The Morgan fingerprint density at radius 3 is 2.77 bits per heavy atom. The average Bonchev–Trinajstić information content (AvgIpc) is 3.00. The maximum Gasteiger partial charge on any atom is 0.317 e. The Labute approximate surface area is 159 Å². The van der Waals surface area contributed by atoms with Gasteiger partial charge in [0, 0.05) is 29.8 Å². The third-order valence-corrected chi connectivity index (χ3v) is 4.49. The Balaban J connectivity index is 2.25. The summed E-state index contributed by atoms with van der Waals surface area (Å²) in [6, 6.07) is 4.36. The van der Waals surface area contributed by atoms with Crippen LogP contribution >= 0.6 is 11.6 Å². The molecule has 1 aliphatic rings. The van der Waals surface area contributed by atoms with Crippen molar-refractivity contribution in [2.24, 2.45) is 0 Å². The molecule has 0 aromatic heterocycles. The van der Waals surface area contributed by atoms with Crippen molar-refractivity contribution in [3.63, 3.8) is 0 Å². The van der Waals surface area contributed by atoms with Gasteiger partial charge in [0.25, 0.3) is 0 Å². The molecule has 1 N–H and O–H groups in total. The fourth-order valence-corrected chi connectivity index (χ4v) is 3.40. The standard InChI is InChI=1S/C17H25ClN2O5S/c1-12(2)19-17(21)20(11-15-5-4-8-24-15)10-13-9-14(18)6-7-16(13)25-26(3,22)23/h6-7,9,12,15H,4-5,8,10-11H2,1-3H3,(H,19,21)/t15-/m1/s1. The highest BCUT2D eigenvalue weighted by atomic mass is 35.5. The predicted molar refractivity (Wildman–Crippen MR) is 100.0 cm³/mol.